The van der Waals surface area contributed by atoms with Crippen molar-refractivity contribution >= 4 is 11.4 Å². The van der Waals surface area contributed by atoms with Gasteiger partial charge < -0.3 is 15.8 Å². The van der Waals surface area contributed by atoms with E-state index in [1.54, 1.807) is 7.11 Å². The fourth-order valence-corrected chi connectivity index (χ4v) is 1.75. The van der Waals surface area contributed by atoms with Gasteiger partial charge in [-0.1, -0.05) is 29.8 Å². The highest BCUT2D eigenvalue weighted by atomic mass is 16.5. The maximum Gasteiger partial charge on any atom is 0.141 e. The van der Waals surface area contributed by atoms with Gasteiger partial charge in [0.1, 0.15) is 5.75 Å². The molecule has 0 spiro atoms. The number of nitrogens with two attached hydrogens (primary N) is 1. The molecule has 0 aliphatic heterocycles. The molecule has 94 valence electrons. The minimum Gasteiger partial charge on any atom is -0.495 e. The van der Waals surface area contributed by atoms with Gasteiger partial charge in [-0.3, -0.25) is 0 Å². The Morgan fingerprint density at radius 3 is 2.44 bits per heavy atom. The van der Waals surface area contributed by atoms with E-state index in [1.807, 2.05) is 18.2 Å². The third-order valence-electron chi connectivity index (χ3n) is 2.85. The Kier molecular flexibility index (Phi) is 3.72. The van der Waals surface area contributed by atoms with E-state index in [-0.39, 0.29) is 0 Å². The molecular weight excluding hydrogens is 224 g/mol. The first kappa shape index (κ1) is 12.3. The van der Waals surface area contributed by atoms with Crippen LogP contribution < -0.4 is 15.8 Å². The van der Waals surface area contributed by atoms with Crippen LogP contribution in [0.5, 0.6) is 5.75 Å². The topological polar surface area (TPSA) is 47.3 Å². The van der Waals surface area contributed by atoms with E-state index in [1.165, 1.54) is 11.1 Å². The van der Waals surface area contributed by atoms with Gasteiger partial charge in [-0.2, -0.15) is 0 Å². The summed E-state index contributed by atoms with van der Waals surface area (Å²) < 4.78 is 5.12. The Bertz CT molecular complexity index is 521. The molecule has 2 aromatic carbocycles. The summed E-state index contributed by atoms with van der Waals surface area (Å²) in [6.45, 7) is 2.87. The number of aryl methyl sites for hydroxylation is 1. The highest BCUT2D eigenvalue weighted by Gasteiger charge is 2.00. The predicted octanol–water partition coefficient (Wildman–Crippen LogP) is 3.20. The van der Waals surface area contributed by atoms with Crippen molar-refractivity contribution in [3.8, 4) is 5.75 Å². The van der Waals surface area contributed by atoms with E-state index in [9.17, 15) is 0 Å². The molecule has 0 bridgehead atoms. The average molecular weight is 242 g/mol. The minimum atomic E-state index is 0.645. The van der Waals surface area contributed by atoms with E-state index < -0.39 is 0 Å². The smallest absolute Gasteiger partial charge is 0.141 e. The molecule has 0 heterocycles. The van der Waals surface area contributed by atoms with Crippen molar-refractivity contribution in [3.05, 3.63) is 53.6 Å². The molecule has 3 nitrogen and oxygen atoms in total. The predicted molar refractivity (Wildman–Crippen MR) is 75.9 cm³/mol. The van der Waals surface area contributed by atoms with Gasteiger partial charge in [-0.05, 0) is 30.7 Å². The Balaban J connectivity index is 2.02. The number of hydrogen-bond donors (Lipinski definition) is 2. The summed E-state index contributed by atoms with van der Waals surface area (Å²) in [5, 5.41) is 3.34. The SMILES string of the molecule is COc1ccc(NCc2ccc(C)cc2)cc1N. The van der Waals surface area contributed by atoms with Crippen LogP contribution in [0.4, 0.5) is 11.4 Å². The van der Waals surface area contributed by atoms with Crippen LogP contribution >= 0.6 is 0 Å². The maximum absolute atomic E-state index is 5.86. The van der Waals surface area contributed by atoms with Gasteiger partial charge in [0.2, 0.25) is 0 Å². The third kappa shape index (κ3) is 2.94. The molecule has 0 radical (unpaired) electrons. The van der Waals surface area contributed by atoms with Crippen molar-refractivity contribution in [2.75, 3.05) is 18.2 Å². The number of nitrogens with one attached hydrogen (secondary N) is 1. The first-order valence-corrected chi connectivity index (χ1v) is 5.92. The highest BCUT2D eigenvalue weighted by molar-refractivity contribution is 5.62. The zero-order valence-corrected chi connectivity index (χ0v) is 10.7. The van der Waals surface area contributed by atoms with Gasteiger partial charge in [0.05, 0.1) is 12.8 Å². The van der Waals surface area contributed by atoms with Gasteiger partial charge in [0, 0.05) is 12.2 Å². The van der Waals surface area contributed by atoms with E-state index in [0.717, 1.165) is 12.2 Å². The lowest BCUT2D eigenvalue weighted by atomic mass is 10.1. The lowest BCUT2D eigenvalue weighted by Crippen LogP contribution is -2.00. The van der Waals surface area contributed by atoms with Crippen LogP contribution in [0.25, 0.3) is 0 Å². The van der Waals surface area contributed by atoms with Crippen molar-refractivity contribution in [2.45, 2.75) is 13.5 Å². The molecule has 0 aromatic heterocycles. The number of methoxy groups -OCH3 is 1. The number of rotatable bonds is 4. The quantitative estimate of drug-likeness (QED) is 0.809. The third-order valence-corrected chi connectivity index (χ3v) is 2.85. The molecule has 0 saturated carbocycles. The molecule has 0 unspecified atom stereocenters. The fourth-order valence-electron chi connectivity index (χ4n) is 1.75. The van der Waals surface area contributed by atoms with Gasteiger partial charge in [-0.25, -0.2) is 0 Å². The van der Waals surface area contributed by atoms with E-state index in [4.69, 9.17) is 10.5 Å². The van der Waals surface area contributed by atoms with Gasteiger partial charge in [-0.15, -0.1) is 0 Å². The van der Waals surface area contributed by atoms with Crippen LogP contribution in [0.3, 0.4) is 0 Å². The zero-order valence-electron chi connectivity index (χ0n) is 10.7. The monoisotopic (exact) mass is 242 g/mol. The summed E-state index contributed by atoms with van der Waals surface area (Å²) in [6.07, 6.45) is 0. The number of nitrogen functional groups attached to an aromatic ring is 1. The molecule has 0 atom stereocenters. The summed E-state index contributed by atoms with van der Waals surface area (Å²) >= 11 is 0. The van der Waals surface area contributed by atoms with Gasteiger partial charge in [0.15, 0.2) is 0 Å². The molecule has 18 heavy (non-hydrogen) atoms. The average Bonchev–Trinajstić information content (AvgIpc) is 2.38. The Morgan fingerprint density at radius 1 is 1.11 bits per heavy atom. The second-order valence-electron chi connectivity index (χ2n) is 4.30. The summed E-state index contributed by atoms with van der Waals surface area (Å²) in [6, 6.07) is 14.2. The molecule has 3 N–H and O–H groups in total. The molecule has 3 heteroatoms. The van der Waals surface area contributed by atoms with Crippen molar-refractivity contribution in [2.24, 2.45) is 0 Å². The van der Waals surface area contributed by atoms with Crippen LogP contribution in [0.1, 0.15) is 11.1 Å². The van der Waals surface area contributed by atoms with Crippen molar-refractivity contribution in [1.29, 1.82) is 0 Å². The van der Waals surface area contributed by atoms with Crippen LogP contribution in [-0.2, 0) is 6.54 Å². The second-order valence-corrected chi connectivity index (χ2v) is 4.30. The summed E-state index contributed by atoms with van der Waals surface area (Å²) in [5.41, 5.74) is 10.0. The number of anilines is 2. The summed E-state index contributed by atoms with van der Waals surface area (Å²) in [4.78, 5) is 0. The molecule has 0 fully saturated rings. The number of benzene rings is 2. The fraction of sp³-hybridized carbons (Fsp3) is 0.200. The zero-order chi connectivity index (χ0) is 13.0. The Labute approximate surface area is 108 Å². The first-order chi connectivity index (χ1) is 8.69. The van der Waals surface area contributed by atoms with E-state index in [0.29, 0.717) is 11.4 Å². The molecule has 0 saturated heterocycles. The number of hydrogen-bond acceptors (Lipinski definition) is 3. The van der Waals surface area contributed by atoms with Crippen LogP contribution in [0.2, 0.25) is 0 Å². The molecule has 0 aliphatic carbocycles. The molecule has 0 amide bonds. The number of ether oxygens (including phenoxy) is 1. The van der Waals surface area contributed by atoms with E-state index >= 15 is 0 Å². The van der Waals surface area contributed by atoms with Crippen LogP contribution in [0, 0.1) is 6.92 Å². The molecule has 0 aliphatic rings. The van der Waals surface area contributed by atoms with E-state index in [2.05, 4.69) is 36.5 Å². The largest absolute Gasteiger partial charge is 0.495 e. The normalized spacial score (nSPS) is 10.1. The highest BCUT2D eigenvalue weighted by Crippen LogP contribution is 2.24. The second kappa shape index (κ2) is 5.45. The molecular formula is C15H18N2O. The molecule has 2 aromatic rings. The lowest BCUT2D eigenvalue weighted by molar-refractivity contribution is 0.417. The van der Waals surface area contributed by atoms with Crippen LogP contribution in [-0.4, -0.2) is 7.11 Å². The molecule has 2 rings (SSSR count). The van der Waals surface area contributed by atoms with Crippen molar-refractivity contribution in [3.63, 3.8) is 0 Å². The summed E-state index contributed by atoms with van der Waals surface area (Å²) in [5.74, 6) is 0.705. The van der Waals surface area contributed by atoms with Gasteiger partial charge in [0.25, 0.3) is 0 Å². The Hall–Kier alpha value is -2.16. The first-order valence-electron chi connectivity index (χ1n) is 5.92. The lowest BCUT2D eigenvalue weighted by Gasteiger charge is -2.10. The Morgan fingerprint density at radius 2 is 1.83 bits per heavy atom. The minimum absolute atomic E-state index is 0.645. The maximum atomic E-state index is 5.86. The van der Waals surface area contributed by atoms with Gasteiger partial charge >= 0.3 is 0 Å². The van der Waals surface area contributed by atoms with Crippen molar-refractivity contribution < 1.29 is 4.74 Å². The standard InChI is InChI=1S/C15H18N2O/c1-11-3-5-12(6-4-11)10-17-13-7-8-15(18-2)14(16)9-13/h3-9,17H,10,16H2,1-2H3. The van der Waals surface area contributed by atoms with Crippen LogP contribution in [0.15, 0.2) is 42.5 Å². The summed E-state index contributed by atoms with van der Waals surface area (Å²) in [7, 11) is 1.62. The van der Waals surface area contributed by atoms with Crippen molar-refractivity contribution in [1.82, 2.24) is 0 Å².